The Balaban J connectivity index is 1.95. The number of aldehydes is 2. The Morgan fingerprint density at radius 1 is 0.600 bits per heavy atom. The number of H-pyrrole nitrogens is 3. The average Bonchev–Trinajstić information content (AvgIpc) is 3.34. The minimum Gasteiger partial charge on any atom is -0.361 e. The van der Waals surface area contributed by atoms with Gasteiger partial charge in [-0.2, -0.15) is 0 Å². The topological polar surface area (TPSA) is 81.5 Å². The van der Waals surface area contributed by atoms with Crippen molar-refractivity contribution in [2.45, 2.75) is 38.5 Å². The molecule has 0 aliphatic rings. The summed E-state index contributed by atoms with van der Waals surface area (Å²) in [4.78, 5) is 31.7. The Kier molecular flexibility index (Phi) is 4.03. The summed E-state index contributed by atoms with van der Waals surface area (Å²) in [7, 11) is 0. The molecular formula is C20H23N3O2. The van der Waals surface area contributed by atoms with E-state index in [1.807, 2.05) is 12.1 Å². The Morgan fingerprint density at radius 2 is 0.920 bits per heavy atom. The molecule has 0 fully saturated rings. The van der Waals surface area contributed by atoms with Gasteiger partial charge in [-0.3, -0.25) is 9.59 Å². The van der Waals surface area contributed by atoms with Crippen LogP contribution < -0.4 is 0 Å². The van der Waals surface area contributed by atoms with E-state index in [0.717, 1.165) is 35.3 Å². The van der Waals surface area contributed by atoms with Crippen molar-refractivity contribution in [1.82, 2.24) is 15.0 Å². The predicted molar refractivity (Wildman–Crippen MR) is 97.4 cm³/mol. The maximum absolute atomic E-state index is 10.9. The summed E-state index contributed by atoms with van der Waals surface area (Å²) in [5, 5.41) is 0. The molecule has 5 heteroatoms. The van der Waals surface area contributed by atoms with Crippen molar-refractivity contribution in [2.75, 3.05) is 0 Å². The van der Waals surface area contributed by atoms with Gasteiger partial charge in [0.25, 0.3) is 0 Å². The molecule has 0 aromatic carbocycles. The highest BCUT2D eigenvalue weighted by Gasteiger charge is 2.31. The minimum atomic E-state index is -0.292. The lowest BCUT2D eigenvalue weighted by Crippen LogP contribution is -2.23. The maximum Gasteiger partial charge on any atom is 0.166 e. The second-order valence-electron chi connectivity index (χ2n) is 7.43. The molecule has 0 saturated heterocycles. The van der Waals surface area contributed by atoms with Crippen molar-refractivity contribution >= 4 is 12.6 Å². The number of carbonyl (C=O) groups excluding carboxylic acids is 2. The second kappa shape index (κ2) is 5.92. The van der Waals surface area contributed by atoms with Crippen LogP contribution in [0.25, 0.3) is 0 Å². The Labute approximate surface area is 146 Å². The first-order valence-corrected chi connectivity index (χ1v) is 8.28. The van der Waals surface area contributed by atoms with E-state index in [0.29, 0.717) is 11.4 Å². The van der Waals surface area contributed by atoms with Crippen LogP contribution >= 0.6 is 0 Å². The van der Waals surface area contributed by atoms with E-state index >= 15 is 0 Å². The summed E-state index contributed by atoms with van der Waals surface area (Å²) in [6, 6.07) is 11.6. The van der Waals surface area contributed by atoms with Gasteiger partial charge in [-0.05, 0) is 64.1 Å². The van der Waals surface area contributed by atoms with Crippen LogP contribution in [-0.2, 0) is 10.8 Å². The first-order chi connectivity index (χ1) is 11.8. The molecule has 0 radical (unpaired) electrons. The normalized spacial score (nSPS) is 12.3. The lowest BCUT2D eigenvalue weighted by Gasteiger charge is -2.25. The molecule has 0 aliphatic carbocycles. The molecule has 0 saturated carbocycles. The highest BCUT2D eigenvalue weighted by atomic mass is 16.1. The van der Waals surface area contributed by atoms with E-state index in [4.69, 9.17) is 0 Å². The fourth-order valence-corrected chi connectivity index (χ4v) is 3.10. The second-order valence-corrected chi connectivity index (χ2v) is 7.43. The number of hydrogen-bond donors (Lipinski definition) is 3. The van der Waals surface area contributed by atoms with Gasteiger partial charge in [0, 0.05) is 33.6 Å². The third-order valence-electron chi connectivity index (χ3n) is 5.05. The van der Waals surface area contributed by atoms with Crippen LogP contribution in [0.15, 0.2) is 36.4 Å². The van der Waals surface area contributed by atoms with E-state index in [2.05, 4.69) is 54.8 Å². The smallest absolute Gasteiger partial charge is 0.166 e. The number of hydrogen-bond acceptors (Lipinski definition) is 2. The molecule has 0 aliphatic heterocycles. The van der Waals surface area contributed by atoms with Crippen molar-refractivity contribution < 1.29 is 9.59 Å². The van der Waals surface area contributed by atoms with Crippen LogP contribution in [0.1, 0.15) is 71.4 Å². The molecule has 130 valence electrons. The molecule has 0 atom stereocenters. The van der Waals surface area contributed by atoms with Gasteiger partial charge >= 0.3 is 0 Å². The van der Waals surface area contributed by atoms with E-state index in [1.54, 1.807) is 12.1 Å². The van der Waals surface area contributed by atoms with Gasteiger partial charge in [-0.15, -0.1) is 0 Å². The highest BCUT2D eigenvalue weighted by Crippen LogP contribution is 2.35. The van der Waals surface area contributed by atoms with E-state index in [9.17, 15) is 9.59 Å². The molecule has 0 spiro atoms. The number of rotatable bonds is 6. The third kappa shape index (κ3) is 2.86. The zero-order valence-corrected chi connectivity index (χ0v) is 14.9. The molecule has 3 aromatic rings. The Morgan fingerprint density at radius 3 is 1.24 bits per heavy atom. The monoisotopic (exact) mass is 337 g/mol. The molecule has 3 aromatic heterocycles. The molecule has 25 heavy (non-hydrogen) atoms. The van der Waals surface area contributed by atoms with Gasteiger partial charge < -0.3 is 15.0 Å². The third-order valence-corrected chi connectivity index (χ3v) is 5.05. The fraction of sp³-hybridized carbons (Fsp3) is 0.300. The zero-order valence-electron chi connectivity index (χ0n) is 14.9. The first kappa shape index (κ1) is 17.0. The molecule has 0 bridgehead atoms. The molecule has 5 nitrogen and oxygen atoms in total. The van der Waals surface area contributed by atoms with Gasteiger partial charge in [0.2, 0.25) is 0 Å². The number of carbonyl (C=O) groups is 2. The van der Waals surface area contributed by atoms with Crippen LogP contribution in [0.5, 0.6) is 0 Å². The zero-order chi connectivity index (χ0) is 18.2. The lowest BCUT2D eigenvalue weighted by molar-refractivity contribution is 0.111. The summed E-state index contributed by atoms with van der Waals surface area (Å²) in [5.74, 6) is 0. The van der Waals surface area contributed by atoms with Crippen molar-refractivity contribution in [3.8, 4) is 0 Å². The summed E-state index contributed by atoms with van der Waals surface area (Å²) in [5.41, 5.74) is 4.62. The van der Waals surface area contributed by atoms with Gasteiger partial charge in [-0.1, -0.05) is 0 Å². The van der Waals surface area contributed by atoms with E-state index < -0.39 is 0 Å². The Bertz CT molecular complexity index is 836. The molecule has 3 heterocycles. The van der Waals surface area contributed by atoms with Crippen LogP contribution in [0, 0.1) is 0 Å². The van der Waals surface area contributed by atoms with Gasteiger partial charge in [0.15, 0.2) is 12.6 Å². The summed E-state index contributed by atoms with van der Waals surface area (Å²) >= 11 is 0. The molecule has 0 amide bonds. The van der Waals surface area contributed by atoms with Crippen LogP contribution in [-0.4, -0.2) is 27.5 Å². The molecule has 0 unspecified atom stereocenters. The first-order valence-electron chi connectivity index (χ1n) is 8.28. The van der Waals surface area contributed by atoms with Crippen molar-refractivity contribution in [2.24, 2.45) is 0 Å². The standard InChI is InChI=1S/C20H23N3O2/c1-19(2,15-7-5-13(11-24)21-15)17-9-10-18(23-17)20(3,4)16-8-6-14(12-25)22-16/h5-12,21-23H,1-4H3. The van der Waals surface area contributed by atoms with Crippen LogP contribution in [0.4, 0.5) is 0 Å². The predicted octanol–water partition coefficient (Wildman–Crippen LogP) is 3.95. The van der Waals surface area contributed by atoms with Gasteiger partial charge in [-0.25, -0.2) is 0 Å². The van der Waals surface area contributed by atoms with E-state index in [1.165, 1.54) is 0 Å². The van der Waals surface area contributed by atoms with Crippen molar-refractivity contribution in [3.63, 3.8) is 0 Å². The van der Waals surface area contributed by atoms with Gasteiger partial charge in [0.05, 0.1) is 11.4 Å². The fourth-order valence-electron chi connectivity index (χ4n) is 3.10. The summed E-state index contributed by atoms with van der Waals surface area (Å²) in [6.07, 6.45) is 1.64. The molecule has 3 rings (SSSR count). The molecular weight excluding hydrogens is 314 g/mol. The highest BCUT2D eigenvalue weighted by molar-refractivity contribution is 5.72. The number of aromatic nitrogens is 3. The maximum atomic E-state index is 10.9. The lowest BCUT2D eigenvalue weighted by atomic mass is 9.85. The summed E-state index contributed by atoms with van der Waals surface area (Å²) < 4.78 is 0. The van der Waals surface area contributed by atoms with Gasteiger partial charge in [0.1, 0.15) is 0 Å². The van der Waals surface area contributed by atoms with Crippen LogP contribution in [0.3, 0.4) is 0 Å². The Hall–Kier alpha value is -2.82. The van der Waals surface area contributed by atoms with Crippen molar-refractivity contribution in [1.29, 1.82) is 0 Å². The minimum absolute atomic E-state index is 0.292. The SMILES string of the molecule is CC(C)(c1ccc(C=O)[nH]1)c1ccc(C(C)(C)c2ccc(C=O)[nH]2)[nH]1. The van der Waals surface area contributed by atoms with Crippen molar-refractivity contribution in [3.05, 3.63) is 70.6 Å². The quantitative estimate of drug-likeness (QED) is 0.595. The number of nitrogens with one attached hydrogen (secondary N) is 3. The molecule has 3 N–H and O–H groups in total. The van der Waals surface area contributed by atoms with E-state index in [-0.39, 0.29) is 10.8 Å². The number of aromatic amines is 3. The van der Waals surface area contributed by atoms with Crippen LogP contribution in [0.2, 0.25) is 0 Å². The largest absolute Gasteiger partial charge is 0.361 e. The average molecular weight is 337 g/mol. The summed E-state index contributed by atoms with van der Waals surface area (Å²) in [6.45, 7) is 8.43.